The van der Waals surface area contributed by atoms with Gasteiger partial charge in [0.15, 0.2) is 0 Å². The predicted molar refractivity (Wildman–Crippen MR) is 45.8 cm³/mol. The fraction of sp³-hybridized carbons (Fsp3) is 1.00. The Morgan fingerprint density at radius 2 is 2.18 bits per heavy atom. The van der Waals surface area contributed by atoms with Crippen molar-refractivity contribution in [2.24, 2.45) is 0 Å². The maximum Gasteiger partial charge on any atom is 0.0830 e. The van der Waals surface area contributed by atoms with Gasteiger partial charge < -0.3 is 15.0 Å². The number of likely N-dealkylation sites (N-methyl/N-ethyl adjacent to an activating group) is 1. The molecule has 0 aromatic rings. The standard InChI is InChI=1S/C8H18N2O/c1-7-4-9-5-8(11-7)6-10(2)3/h7-9H,4-6H2,1-3H3. The largest absolute Gasteiger partial charge is 0.371 e. The minimum atomic E-state index is 0.369. The molecule has 2 atom stereocenters. The average Bonchev–Trinajstić information content (AvgIpc) is 1.85. The highest BCUT2D eigenvalue weighted by Crippen LogP contribution is 2.03. The van der Waals surface area contributed by atoms with E-state index in [0.29, 0.717) is 12.2 Å². The van der Waals surface area contributed by atoms with Gasteiger partial charge >= 0.3 is 0 Å². The first-order valence-electron chi connectivity index (χ1n) is 4.19. The minimum absolute atomic E-state index is 0.369. The molecule has 1 N–H and O–H groups in total. The Hall–Kier alpha value is -0.120. The van der Waals surface area contributed by atoms with Crippen LogP contribution in [0.15, 0.2) is 0 Å². The van der Waals surface area contributed by atoms with Crippen LogP contribution in [0.2, 0.25) is 0 Å². The van der Waals surface area contributed by atoms with E-state index in [2.05, 4.69) is 31.2 Å². The number of morpholine rings is 1. The summed E-state index contributed by atoms with van der Waals surface area (Å²) < 4.78 is 5.69. The lowest BCUT2D eigenvalue weighted by atomic mass is 10.2. The molecule has 0 aromatic carbocycles. The predicted octanol–water partition coefficient (Wildman–Crippen LogP) is -0.0751. The maximum atomic E-state index is 5.69. The molecule has 0 radical (unpaired) electrons. The third kappa shape index (κ3) is 3.18. The van der Waals surface area contributed by atoms with Gasteiger partial charge in [-0.25, -0.2) is 0 Å². The summed E-state index contributed by atoms with van der Waals surface area (Å²) in [5.41, 5.74) is 0. The molecule has 0 aromatic heterocycles. The molecule has 66 valence electrons. The van der Waals surface area contributed by atoms with Crippen LogP contribution in [-0.4, -0.2) is 50.8 Å². The lowest BCUT2D eigenvalue weighted by Gasteiger charge is -2.30. The average molecular weight is 158 g/mol. The van der Waals surface area contributed by atoms with Gasteiger partial charge in [-0.3, -0.25) is 0 Å². The Morgan fingerprint density at radius 1 is 1.45 bits per heavy atom. The molecular weight excluding hydrogens is 140 g/mol. The first-order chi connectivity index (χ1) is 5.18. The smallest absolute Gasteiger partial charge is 0.0830 e. The van der Waals surface area contributed by atoms with Crippen LogP contribution in [-0.2, 0) is 4.74 Å². The molecule has 1 heterocycles. The summed E-state index contributed by atoms with van der Waals surface area (Å²) in [6, 6.07) is 0. The minimum Gasteiger partial charge on any atom is -0.371 e. The van der Waals surface area contributed by atoms with E-state index in [1.807, 2.05) is 0 Å². The van der Waals surface area contributed by atoms with Crippen molar-refractivity contribution < 1.29 is 4.74 Å². The lowest BCUT2D eigenvalue weighted by Crippen LogP contribution is -2.47. The maximum absolute atomic E-state index is 5.69. The quantitative estimate of drug-likeness (QED) is 0.608. The van der Waals surface area contributed by atoms with E-state index < -0.39 is 0 Å². The van der Waals surface area contributed by atoms with Crippen molar-refractivity contribution in [1.82, 2.24) is 10.2 Å². The molecule has 11 heavy (non-hydrogen) atoms. The number of nitrogens with one attached hydrogen (secondary N) is 1. The van der Waals surface area contributed by atoms with Gasteiger partial charge in [-0.05, 0) is 21.0 Å². The highest BCUT2D eigenvalue weighted by atomic mass is 16.5. The second-order valence-corrected chi connectivity index (χ2v) is 3.49. The molecule has 0 amide bonds. The van der Waals surface area contributed by atoms with Crippen LogP contribution in [0.5, 0.6) is 0 Å². The van der Waals surface area contributed by atoms with E-state index in [0.717, 1.165) is 19.6 Å². The van der Waals surface area contributed by atoms with Crippen LogP contribution in [0.4, 0.5) is 0 Å². The van der Waals surface area contributed by atoms with Gasteiger partial charge in [-0.2, -0.15) is 0 Å². The van der Waals surface area contributed by atoms with E-state index in [4.69, 9.17) is 4.74 Å². The molecule has 3 heteroatoms. The zero-order chi connectivity index (χ0) is 8.27. The molecule has 1 rings (SSSR count). The second-order valence-electron chi connectivity index (χ2n) is 3.49. The zero-order valence-electron chi connectivity index (χ0n) is 7.63. The number of hydrogen-bond donors (Lipinski definition) is 1. The first kappa shape index (κ1) is 8.97. The fourth-order valence-electron chi connectivity index (χ4n) is 1.39. The molecule has 1 fully saturated rings. The summed E-state index contributed by atoms with van der Waals surface area (Å²) in [6.45, 7) is 5.10. The SMILES string of the molecule is CC1CNCC(CN(C)C)O1. The highest BCUT2D eigenvalue weighted by molar-refractivity contribution is 4.73. The molecule has 1 saturated heterocycles. The third-order valence-electron chi connectivity index (χ3n) is 1.80. The summed E-state index contributed by atoms with van der Waals surface area (Å²) in [4.78, 5) is 2.16. The Bertz CT molecular complexity index is 115. The Morgan fingerprint density at radius 3 is 2.73 bits per heavy atom. The van der Waals surface area contributed by atoms with Gasteiger partial charge in [0.05, 0.1) is 12.2 Å². The summed E-state index contributed by atoms with van der Waals surface area (Å²) >= 11 is 0. The molecule has 0 aliphatic carbocycles. The molecule has 1 aliphatic rings. The van der Waals surface area contributed by atoms with Crippen molar-refractivity contribution in [2.75, 3.05) is 33.7 Å². The Kier molecular flexibility index (Phi) is 3.30. The van der Waals surface area contributed by atoms with E-state index in [1.54, 1.807) is 0 Å². The molecule has 2 unspecified atom stereocenters. The van der Waals surface area contributed by atoms with Crippen molar-refractivity contribution in [3.05, 3.63) is 0 Å². The monoisotopic (exact) mass is 158 g/mol. The molecule has 0 saturated carbocycles. The van der Waals surface area contributed by atoms with Gasteiger partial charge in [0.1, 0.15) is 0 Å². The summed E-state index contributed by atoms with van der Waals surface area (Å²) in [6.07, 6.45) is 0.738. The van der Waals surface area contributed by atoms with Gasteiger partial charge in [0, 0.05) is 19.6 Å². The Balaban J connectivity index is 2.23. The van der Waals surface area contributed by atoms with Crippen LogP contribution in [0.25, 0.3) is 0 Å². The lowest BCUT2D eigenvalue weighted by molar-refractivity contribution is -0.0369. The van der Waals surface area contributed by atoms with Crippen LogP contribution in [0, 0.1) is 0 Å². The number of hydrogen-bond acceptors (Lipinski definition) is 3. The van der Waals surface area contributed by atoms with Crippen LogP contribution in [0.1, 0.15) is 6.92 Å². The third-order valence-corrected chi connectivity index (χ3v) is 1.80. The normalized spacial score (nSPS) is 32.7. The number of ether oxygens (including phenoxy) is 1. The first-order valence-corrected chi connectivity index (χ1v) is 4.19. The van der Waals surface area contributed by atoms with E-state index >= 15 is 0 Å². The Labute approximate surface area is 68.7 Å². The van der Waals surface area contributed by atoms with Gasteiger partial charge in [0.2, 0.25) is 0 Å². The zero-order valence-corrected chi connectivity index (χ0v) is 7.63. The summed E-state index contributed by atoms with van der Waals surface area (Å²) in [5, 5.41) is 3.34. The topological polar surface area (TPSA) is 24.5 Å². The van der Waals surface area contributed by atoms with E-state index in [1.165, 1.54) is 0 Å². The molecule has 0 spiro atoms. The van der Waals surface area contributed by atoms with Gasteiger partial charge in [-0.1, -0.05) is 0 Å². The summed E-state index contributed by atoms with van der Waals surface area (Å²) in [5.74, 6) is 0. The van der Waals surface area contributed by atoms with E-state index in [-0.39, 0.29) is 0 Å². The van der Waals surface area contributed by atoms with Crippen LogP contribution < -0.4 is 5.32 Å². The van der Waals surface area contributed by atoms with Crippen molar-refractivity contribution in [1.29, 1.82) is 0 Å². The van der Waals surface area contributed by atoms with E-state index in [9.17, 15) is 0 Å². The van der Waals surface area contributed by atoms with Crippen LogP contribution in [0.3, 0.4) is 0 Å². The van der Waals surface area contributed by atoms with Crippen molar-refractivity contribution in [2.45, 2.75) is 19.1 Å². The molecule has 1 aliphatic heterocycles. The molecular formula is C8H18N2O. The van der Waals surface area contributed by atoms with Crippen LogP contribution >= 0.6 is 0 Å². The highest BCUT2D eigenvalue weighted by Gasteiger charge is 2.18. The second kappa shape index (κ2) is 4.04. The van der Waals surface area contributed by atoms with Gasteiger partial charge in [0.25, 0.3) is 0 Å². The molecule has 3 nitrogen and oxygen atoms in total. The van der Waals surface area contributed by atoms with Gasteiger partial charge in [-0.15, -0.1) is 0 Å². The van der Waals surface area contributed by atoms with Crippen molar-refractivity contribution >= 4 is 0 Å². The van der Waals surface area contributed by atoms with Crippen molar-refractivity contribution in [3.8, 4) is 0 Å². The molecule has 0 bridgehead atoms. The number of rotatable bonds is 2. The fourth-order valence-corrected chi connectivity index (χ4v) is 1.39. The summed E-state index contributed by atoms with van der Waals surface area (Å²) in [7, 11) is 4.14. The number of nitrogens with zero attached hydrogens (tertiary/aromatic N) is 1. The van der Waals surface area contributed by atoms with Crippen molar-refractivity contribution in [3.63, 3.8) is 0 Å².